The summed E-state index contributed by atoms with van der Waals surface area (Å²) >= 11 is 0. The van der Waals surface area contributed by atoms with Crippen molar-refractivity contribution in [2.24, 2.45) is 0 Å². The van der Waals surface area contributed by atoms with E-state index in [2.05, 4.69) is 36.3 Å². The average molecular weight is 251 g/mol. The van der Waals surface area contributed by atoms with Gasteiger partial charge in [0.15, 0.2) is 0 Å². The highest BCUT2D eigenvalue weighted by Gasteiger charge is 2.39. The molecule has 18 heavy (non-hydrogen) atoms. The lowest BCUT2D eigenvalue weighted by Gasteiger charge is -2.47. The third-order valence-corrected chi connectivity index (χ3v) is 4.29. The Morgan fingerprint density at radius 2 is 2.11 bits per heavy atom. The van der Waals surface area contributed by atoms with Gasteiger partial charge in [0.1, 0.15) is 5.82 Å². The molecule has 0 saturated heterocycles. The minimum Gasteiger partial charge on any atom is -0.394 e. The summed E-state index contributed by atoms with van der Waals surface area (Å²) in [7, 11) is 4.32. The van der Waals surface area contributed by atoms with E-state index in [1.54, 1.807) is 0 Å². The zero-order valence-corrected chi connectivity index (χ0v) is 12.0. The van der Waals surface area contributed by atoms with Gasteiger partial charge in [0.2, 0.25) is 0 Å². The number of anilines is 2. The van der Waals surface area contributed by atoms with Gasteiger partial charge in [-0.3, -0.25) is 0 Å². The number of nitrogens with one attached hydrogen (secondary N) is 1. The van der Waals surface area contributed by atoms with Crippen molar-refractivity contribution in [3.8, 4) is 0 Å². The molecule has 1 aliphatic rings. The van der Waals surface area contributed by atoms with Gasteiger partial charge in [-0.2, -0.15) is 5.10 Å². The van der Waals surface area contributed by atoms with Crippen molar-refractivity contribution in [2.75, 3.05) is 31.7 Å². The normalized spacial score (nSPS) is 17.8. The van der Waals surface area contributed by atoms with E-state index in [0.29, 0.717) is 5.54 Å². The van der Waals surface area contributed by atoms with Crippen molar-refractivity contribution in [2.45, 2.75) is 45.2 Å². The maximum absolute atomic E-state index is 6.08. The van der Waals surface area contributed by atoms with E-state index >= 15 is 0 Å². The predicted octanol–water partition coefficient (Wildman–Crippen LogP) is 1.69. The predicted molar refractivity (Wildman–Crippen MR) is 75.8 cm³/mol. The second kappa shape index (κ2) is 4.80. The molecule has 0 bridgehead atoms. The fourth-order valence-corrected chi connectivity index (χ4v) is 2.63. The second-order valence-electron chi connectivity index (χ2n) is 5.49. The molecule has 0 atom stereocenters. The topological polar surface area (TPSA) is 59.1 Å². The van der Waals surface area contributed by atoms with E-state index in [4.69, 9.17) is 5.73 Å². The Labute approximate surface area is 109 Å². The maximum atomic E-state index is 6.08. The van der Waals surface area contributed by atoms with Gasteiger partial charge in [-0.25, -0.2) is 4.68 Å². The van der Waals surface area contributed by atoms with Crippen molar-refractivity contribution in [3.05, 3.63) is 5.69 Å². The quantitative estimate of drug-likeness (QED) is 0.836. The van der Waals surface area contributed by atoms with E-state index in [1.165, 1.54) is 19.3 Å². The van der Waals surface area contributed by atoms with Crippen molar-refractivity contribution in [1.82, 2.24) is 14.7 Å². The van der Waals surface area contributed by atoms with Gasteiger partial charge in [-0.1, -0.05) is 0 Å². The van der Waals surface area contributed by atoms with Gasteiger partial charge in [0.25, 0.3) is 0 Å². The molecule has 0 spiro atoms. The Hall–Kier alpha value is -1.23. The minimum atomic E-state index is 0.295. The highest BCUT2D eigenvalue weighted by atomic mass is 15.3. The number of likely N-dealkylation sites (N-methyl/N-ethyl adjacent to an activating group) is 1. The Kier molecular flexibility index (Phi) is 3.52. The van der Waals surface area contributed by atoms with Crippen LogP contribution in [0.15, 0.2) is 0 Å². The first-order valence-electron chi connectivity index (χ1n) is 6.74. The van der Waals surface area contributed by atoms with Crippen molar-refractivity contribution in [1.29, 1.82) is 0 Å². The number of rotatable bonds is 5. The molecule has 1 aromatic rings. The third kappa shape index (κ3) is 2.07. The number of nitrogen functional groups attached to an aromatic ring is 1. The van der Waals surface area contributed by atoms with Gasteiger partial charge in [-0.15, -0.1) is 0 Å². The van der Waals surface area contributed by atoms with E-state index in [9.17, 15) is 0 Å². The van der Waals surface area contributed by atoms with Crippen LogP contribution in [0.1, 0.15) is 31.9 Å². The molecule has 1 fully saturated rings. The van der Waals surface area contributed by atoms with Crippen molar-refractivity contribution in [3.63, 3.8) is 0 Å². The molecule has 0 radical (unpaired) electrons. The van der Waals surface area contributed by atoms with Crippen LogP contribution in [0.2, 0.25) is 0 Å². The second-order valence-corrected chi connectivity index (χ2v) is 5.49. The summed E-state index contributed by atoms with van der Waals surface area (Å²) in [6.07, 6.45) is 3.83. The van der Waals surface area contributed by atoms with Crippen LogP contribution in [0.25, 0.3) is 0 Å². The highest BCUT2D eigenvalue weighted by Crippen LogP contribution is 2.36. The molecule has 0 unspecified atom stereocenters. The summed E-state index contributed by atoms with van der Waals surface area (Å²) in [5, 5.41) is 7.94. The van der Waals surface area contributed by atoms with Gasteiger partial charge in [0, 0.05) is 18.6 Å². The number of nitrogens with zero attached hydrogens (tertiary/aromatic N) is 3. The smallest absolute Gasteiger partial charge is 0.148 e. The van der Waals surface area contributed by atoms with Crippen LogP contribution < -0.4 is 11.1 Å². The number of hydrogen-bond acceptors (Lipinski definition) is 4. The molecular formula is C13H25N5. The molecule has 1 aliphatic carbocycles. The maximum Gasteiger partial charge on any atom is 0.148 e. The van der Waals surface area contributed by atoms with Crippen LogP contribution in [0.5, 0.6) is 0 Å². The molecular weight excluding hydrogens is 226 g/mol. The Morgan fingerprint density at radius 3 is 2.56 bits per heavy atom. The molecule has 0 aliphatic heterocycles. The Bertz CT molecular complexity index is 417. The number of hydrogen-bond donors (Lipinski definition) is 2. The number of aromatic nitrogens is 2. The van der Waals surface area contributed by atoms with Crippen LogP contribution in [0.4, 0.5) is 11.5 Å². The molecule has 102 valence electrons. The zero-order valence-electron chi connectivity index (χ0n) is 12.0. The Balaban J connectivity index is 2.10. The summed E-state index contributed by atoms with van der Waals surface area (Å²) in [5.74, 6) is 0.975. The van der Waals surface area contributed by atoms with E-state index in [-0.39, 0.29) is 0 Å². The van der Waals surface area contributed by atoms with Crippen LogP contribution in [-0.2, 0) is 6.54 Å². The lowest BCUT2D eigenvalue weighted by atomic mass is 9.75. The fraction of sp³-hybridized carbons (Fsp3) is 0.769. The van der Waals surface area contributed by atoms with Crippen molar-refractivity contribution >= 4 is 11.5 Å². The van der Waals surface area contributed by atoms with Gasteiger partial charge >= 0.3 is 0 Å². The van der Waals surface area contributed by atoms with E-state index < -0.39 is 0 Å². The first kappa shape index (κ1) is 13.2. The molecule has 5 nitrogen and oxygen atoms in total. The molecule has 1 aromatic heterocycles. The zero-order chi connectivity index (χ0) is 13.3. The summed E-state index contributed by atoms with van der Waals surface area (Å²) in [4.78, 5) is 2.33. The van der Waals surface area contributed by atoms with Crippen molar-refractivity contribution < 1.29 is 0 Å². The molecule has 0 amide bonds. The average Bonchev–Trinajstić information content (AvgIpc) is 2.54. The van der Waals surface area contributed by atoms with Crippen LogP contribution in [0.3, 0.4) is 0 Å². The third-order valence-electron chi connectivity index (χ3n) is 4.29. The number of nitrogens with two attached hydrogens (primary N) is 1. The Morgan fingerprint density at radius 1 is 1.44 bits per heavy atom. The highest BCUT2D eigenvalue weighted by molar-refractivity contribution is 5.64. The molecule has 3 N–H and O–H groups in total. The molecule has 5 heteroatoms. The van der Waals surface area contributed by atoms with Gasteiger partial charge in [0.05, 0.1) is 11.4 Å². The van der Waals surface area contributed by atoms with Gasteiger partial charge < -0.3 is 16.0 Å². The standard InChI is InChI=1S/C13H25N5/c1-5-18-12(11(14)10(2)16-18)15-9-13(17(3)4)7-6-8-13/h15H,5-9,14H2,1-4H3. The van der Waals surface area contributed by atoms with E-state index in [0.717, 1.165) is 30.3 Å². The molecule has 1 heterocycles. The fourth-order valence-electron chi connectivity index (χ4n) is 2.63. The summed E-state index contributed by atoms with van der Waals surface area (Å²) in [5.41, 5.74) is 8.07. The molecule has 0 aromatic carbocycles. The first-order valence-corrected chi connectivity index (χ1v) is 6.74. The summed E-state index contributed by atoms with van der Waals surface area (Å²) in [6, 6.07) is 0. The van der Waals surface area contributed by atoms with E-state index in [1.807, 2.05) is 11.6 Å². The lowest BCUT2D eigenvalue weighted by molar-refractivity contribution is 0.0737. The first-order chi connectivity index (χ1) is 8.50. The lowest BCUT2D eigenvalue weighted by Crippen LogP contribution is -2.54. The summed E-state index contributed by atoms with van der Waals surface area (Å²) < 4.78 is 1.95. The SMILES string of the molecule is CCn1nc(C)c(N)c1NCC1(N(C)C)CCC1. The number of aryl methyl sites for hydroxylation is 2. The summed E-state index contributed by atoms with van der Waals surface area (Å²) in [6.45, 7) is 5.82. The largest absolute Gasteiger partial charge is 0.394 e. The van der Waals surface area contributed by atoms with Gasteiger partial charge in [-0.05, 0) is 47.2 Å². The minimum absolute atomic E-state index is 0.295. The molecule has 2 rings (SSSR count). The molecule has 1 saturated carbocycles. The van der Waals surface area contributed by atoms with Crippen LogP contribution >= 0.6 is 0 Å². The van der Waals surface area contributed by atoms with Crippen LogP contribution in [0, 0.1) is 6.92 Å². The monoisotopic (exact) mass is 251 g/mol. The van der Waals surface area contributed by atoms with Crippen LogP contribution in [-0.4, -0.2) is 40.9 Å².